The van der Waals surface area contributed by atoms with Gasteiger partial charge in [0.15, 0.2) is 11.5 Å². The maximum absolute atomic E-state index is 11.9. The predicted octanol–water partition coefficient (Wildman–Crippen LogP) is 1.89. The summed E-state index contributed by atoms with van der Waals surface area (Å²) < 4.78 is 5.02. The van der Waals surface area contributed by atoms with E-state index in [9.17, 15) is 15.0 Å². The molecule has 0 bridgehead atoms. The molecule has 5 heteroatoms. The van der Waals surface area contributed by atoms with Crippen molar-refractivity contribution >= 4 is 5.91 Å². The van der Waals surface area contributed by atoms with E-state index in [1.807, 2.05) is 13.8 Å². The van der Waals surface area contributed by atoms with Crippen LogP contribution in [0, 0.1) is 5.41 Å². The van der Waals surface area contributed by atoms with Crippen LogP contribution in [0.25, 0.3) is 0 Å². The molecule has 0 aromatic heterocycles. The molecule has 0 saturated carbocycles. The van der Waals surface area contributed by atoms with E-state index in [1.165, 1.54) is 18.2 Å². The minimum absolute atomic E-state index is 0.0648. The molecular weight excluding hydrogens is 246 g/mol. The third kappa shape index (κ3) is 4.79. The molecule has 1 rings (SSSR count). The van der Waals surface area contributed by atoms with Crippen LogP contribution in [-0.4, -0.2) is 36.4 Å². The Hall–Kier alpha value is -1.75. The highest BCUT2D eigenvalue weighted by molar-refractivity contribution is 5.94. The average Bonchev–Trinajstić information content (AvgIpc) is 2.37. The Balaban J connectivity index is 2.57. The van der Waals surface area contributed by atoms with Crippen LogP contribution >= 0.6 is 0 Å². The molecule has 0 aliphatic rings. The van der Waals surface area contributed by atoms with Crippen molar-refractivity contribution in [2.45, 2.75) is 20.3 Å². The first-order chi connectivity index (χ1) is 8.85. The number of aromatic hydroxyl groups is 2. The van der Waals surface area contributed by atoms with Gasteiger partial charge in [-0.05, 0) is 30.0 Å². The Morgan fingerprint density at radius 3 is 2.58 bits per heavy atom. The lowest BCUT2D eigenvalue weighted by molar-refractivity contribution is 0.0920. The van der Waals surface area contributed by atoms with Crippen LogP contribution < -0.4 is 5.32 Å². The number of hydrogen-bond acceptors (Lipinski definition) is 4. The van der Waals surface area contributed by atoms with E-state index in [1.54, 1.807) is 7.11 Å². The first-order valence-electron chi connectivity index (χ1n) is 6.15. The zero-order valence-electron chi connectivity index (χ0n) is 11.6. The minimum atomic E-state index is -0.300. The van der Waals surface area contributed by atoms with E-state index in [2.05, 4.69) is 5.32 Å². The number of methoxy groups -OCH3 is 1. The molecule has 0 radical (unpaired) electrons. The highest BCUT2D eigenvalue weighted by Gasteiger charge is 2.19. The number of nitrogens with one attached hydrogen (secondary N) is 1. The van der Waals surface area contributed by atoms with Crippen LogP contribution in [0.15, 0.2) is 18.2 Å². The molecule has 1 amide bonds. The third-order valence-corrected chi connectivity index (χ3v) is 2.95. The van der Waals surface area contributed by atoms with Gasteiger partial charge in [-0.2, -0.15) is 0 Å². The molecule has 3 N–H and O–H groups in total. The van der Waals surface area contributed by atoms with Gasteiger partial charge in [-0.1, -0.05) is 13.8 Å². The number of ether oxygens (including phenoxy) is 1. The molecule has 0 aliphatic carbocycles. The normalized spacial score (nSPS) is 11.3. The van der Waals surface area contributed by atoms with E-state index in [0.717, 1.165) is 6.42 Å². The Labute approximate surface area is 113 Å². The second-order valence-electron chi connectivity index (χ2n) is 5.29. The summed E-state index contributed by atoms with van der Waals surface area (Å²) in [5, 5.41) is 21.3. The minimum Gasteiger partial charge on any atom is -0.504 e. The molecule has 0 aliphatic heterocycles. The second kappa shape index (κ2) is 6.43. The molecule has 0 heterocycles. The Morgan fingerprint density at radius 1 is 1.32 bits per heavy atom. The van der Waals surface area contributed by atoms with Crippen molar-refractivity contribution in [3.05, 3.63) is 23.8 Å². The molecule has 0 unspecified atom stereocenters. The van der Waals surface area contributed by atoms with Gasteiger partial charge in [0.05, 0.1) is 0 Å². The number of phenolic OH excluding ortho intramolecular Hbond substituents is 2. The number of phenols is 2. The van der Waals surface area contributed by atoms with E-state index >= 15 is 0 Å². The van der Waals surface area contributed by atoms with Gasteiger partial charge in [0.1, 0.15) is 0 Å². The number of hydrogen-bond donors (Lipinski definition) is 3. The number of benzene rings is 1. The predicted molar refractivity (Wildman–Crippen MR) is 72.4 cm³/mol. The molecule has 0 saturated heterocycles. The quantitative estimate of drug-likeness (QED) is 0.688. The number of carbonyl (C=O) groups excluding carboxylic acids is 1. The Kier molecular flexibility index (Phi) is 5.18. The number of rotatable bonds is 6. The number of carbonyl (C=O) groups is 1. The van der Waals surface area contributed by atoms with E-state index < -0.39 is 0 Å². The Bertz CT molecular complexity index is 443. The summed E-state index contributed by atoms with van der Waals surface area (Å²) in [5.41, 5.74) is 0.253. The second-order valence-corrected chi connectivity index (χ2v) is 5.29. The maximum Gasteiger partial charge on any atom is 0.251 e. The smallest absolute Gasteiger partial charge is 0.251 e. The van der Waals surface area contributed by atoms with Crippen molar-refractivity contribution in [1.82, 2.24) is 5.32 Å². The van der Waals surface area contributed by atoms with Gasteiger partial charge >= 0.3 is 0 Å². The average molecular weight is 267 g/mol. The summed E-state index contributed by atoms with van der Waals surface area (Å²) >= 11 is 0. The van der Waals surface area contributed by atoms with Crippen molar-refractivity contribution in [3.8, 4) is 11.5 Å². The topological polar surface area (TPSA) is 78.8 Å². The summed E-state index contributed by atoms with van der Waals surface area (Å²) in [6, 6.07) is 4.00. The first-order valence-corrected chi connectivity index (χ1v) is 6.15. The van der Waals surface area contributed by atoms with Crippen molar-refractivity contribution < 1.29 is 19.7 Å². The SMILES string of the molecule is COCCC(C)(C)CNC(=O)c1ccc(O)c(O)c1. The monoisotopic (exact) mass is 267 g/mol. The Morgan fingerprint density at radius 2 is 2.00 bits per heavy atom. The van der Waals surface area contributed by atoms with Crippen LogP contribution in [0.5, 0.6) is 11.5 Å². The van der Waals surface area contributed by atoms with Crippen molar-refractivity contribution in [2.75, 3.05) is 20.3 Å². The van der Waals surface area contributed by atoms with Crippen molar-refractivity contribution in [1.29, 1.82) is 0 Å². The third-order valence-electron chi connectivity index (χ3n) is 2.95. The first kappa shape index (κ1) is 15.3. The van der Waals surface area contributed by atoms with Crippen LogP contribution in [0.3, 0.4) is 0 Å². The largest absolute Gasteiger partial charge is 0.504 e. The van der Waals surface area contributed by atoms with E-state index in [4.69, 9.17) is 4.74 Å². The molecule has 5 nitrogen and oxygen atoms in total. The van der Waals surface area contributed by atoms with Gasteiger partial charge in [-0.25, -0.2) is 0 Å². The van der Waals surface area contributed by atoms with E-state index in [0.29, 0.717) is 18.7 Å². The fourth-order valence-corrected chi connectivity index (χ4v) is 1.55. The highest BCUT2D eigenvalue weighted by atomic mass is 16.5. The van der Waals surface area contributed by atoms with E-state index in [-0.39, 0.29) is 22.8 Å². The molecule has 1 aromatic carbocycles. The summed E-state index contributed by atoms with van der Waals surface area (Å²) in [6.07, 6.45) is 0.838. The highest BCUT2D eigenvalue weighted by Crippen LogP contribution is 2.25. The zero-order valence-corrected chi connectivity index (χ0v) is 11.6. The van der Waals surface area contributed by atoms with Gasteiger partial charge in [0.2, 0.25) is 0 Å². The van der Waals surface area contributed by atoms with Crippen LogP contribution in [-0.2, 0) is 4.74 Å². The van der Waals surface area contributed by atoms with Crippen molar-refractivity contribution in [3.63, 3.8) is 0 Å². The van der Waals surface area contributed by atoms with Crippen LogP contribution in [0.1, 0.15) is 30.6 Å². The van der Waals surface area contributed by atoms with Gasteiger partial charge in [0, 0.05) is 25.8 Å². The zero-order chi connectivity index (χ0) is 14.5. The van der Waals surface area contributed by atoms with Gasteiger partial charge in [0.25, 0.3) is 5.91 Å². The summed E-state index contributed by atoms with van der Waals surface area (Å²) in [5.74, 6) is -0.816. The van der Waals surface area contributed by atoms with Gasteiger partial charge < -0.3 is 20.3 Å². The molecular formula is C14H21NO4. The van der Waals surface area contributed by atoms with Crippen LogP contribution in [0.4, 0.5) is 0 Å². The molecule has 0 atom stereocenters. The molecule has 0 fully saturated rings. The lowest BCUT2D eigenvalue weighted by atomic mass is 9.89. The fraction of sp³-hybridized carbons (Fsp3) is 0.500. The molecule has 1 aromatic rings. The molecule has 106 valence electrons. The van der Waals surface area contributed by atoms with Gasteiger partial charge in [-0.3, -0.25) is 4.79 Å². The maximum atomic E-state index is 11.9. The van der Waals surface area contributed by atoms with Crippen LogP contribution in [0.2, 0.25) is 0 Å². The summed E-state index contributed by atoms with van der Waals surface area (Å²) in [6.45, 7) is 5.24. The number of amides is 1. The van der Waals surface area contributed by atoms with Gasteiger partial charge in [-0.15, -0.1) is 0 Å². The summed E-state index contributed by atoms with van der Waals surface area (Å²) in [4.78, 5) is 11.9. The summed E-state index contributed by atoms with van der Waals surface area (Å²) in [7, 11) is 1.65. The van der Waals surface area contributed by atoms with Crippen molar-refractivity contribution in [2.24, 2.45) is 5.41 Å². The fourth-order valence-electron chi connectivity index (χ4n) is 1.55. The molecule has 0 spiro atoms. The lowest BCUT2D eigenvalue weighted by Crippen LogP contribution is -2.34. The standard InChI is InChI=1S/C14H21NO4/c1-14(2,6-7-19-3)9-15-13(18)10-4-5-11(16)12(17)8-10/h4-5,8,16-17H,6-7,9H2,1-3H3,(H,15,18). The lowest BCUT2D eigenvalue weighted by Gasteiger charge is -2.24. The molecule has 19 heavy (non-hydrogen) atoms.